The molecule has 0 N–H and O–H groups in total. The predicted octanol–water partition coefficient (Wildman–Crippen LogP) is 7.87. The maximum atomic E-state index is 13.8. The van der Waals surface area contributed by atoms with Crippen molar-refractivity contribution in [2.75, 3.05) is 13.2 Å². The fraction of sp³-hybridized carbons (Fsp3) is 0.344. The summed E-state index contributed by atoms with van der Waals surface area (Å²) < 4.78 is 13.4. The van der Waals surface area contributed by atoms with Crippen molar-refractivity contribution in [2.24, 2.45) is 10.5 Å². The lowest BCUT2D eigenvalue weighted by Gasteiger charge is -2.19. The monoisotopic (exact) mass is 634 g/mol. The van der Waals surface area contributed by atoms with E-state index in [1.807, 2.05) is 52.8 Å². The number of nitro benzene ring substituents is 1. The Morgan fingerprint density at radius 3 is 2.50 bits per heavy atom. The number of aromatic nitrogens is 2. The summed E-state index contributed by atoms with van der Waals surface area (Å²) in [7, 11) is 0. The van der Waals surface area contributed by atoms with Crippen LogP contribution in [0.4, 0.5) is 5.69 Å². The van der Waals surface area contributed by atoms with Gasteiger partial charge in [0.1, 0.15) is 5.75 Å². The van der Waals surface area contributed by atoms with Gasteiger partial charge >= 0.3 is 5.69 Å². The van der Waals surface area contributed by atoms with E-state index in [1.165, 1.54) is 17.0 Å². The number of hydrogen-bond acceptors (Lipinski definition) is 7. The van der Waals surface area contributed by atoms with Gasteiger partial charge in [-0.25, -0.2) is 4.98 Å². The molecule has 3 aromatic carbocycles. The average Bonchev–Trinajstić information content (AvgIpc) is 2.91. The van der Waals surface area contributed by atoms with Crippen LogP contribution in [-0.2, 0) is 0 Å². The lowest BCUT2D eigenvalue weighted by Crippen LogP contribution is -2.21. The first-order valence-corrected chi connectivity index (χ1v) is 14.5. The molecule has 0 saturated heterocycles. The van der Waals surface area contributed by atoms with Crippen molar-refractivity contribution >= 4 is 38.7 Å². The van der Waals surface area contributed by atoms with Crippen molar-refractivity contribution < 1.29 is 14.4 Å². The highest BCUT2D eigenvalue weighted by Crippen LogP contribution is 2.37. The van der Waals surface area contributed by atoms with Crippen LogP contribution in [0.2, 0.25) is 0 Å². The maximum absolute atomic E-state index is 13.8. The van der Waals surface area contributed by atoms with Crippen LogP contribution in [-0.4, -0.2) is 34.0 Å². The number of aryl methyl sites for hydroxylation is 1. The van der Waals surface area contributed by atoms with Crippen LogP contribution in [0.5, 0.6) is 11.5 Å². The van der Waals surface area contributed by atoms with E-state index in [2.05, 4.69) is 34.9 Å². The molecule has 10 heteroatoms. The van der Waals surface area contributed by atoms with Gasteiger partial charge in [-0.1, -0.05) is 46.8 Å². The molecule has 0 aliphatic heterocycles. The van der Waals surface area contributed by atoms with Gasteiger partial charge in [-0.2, -0.15) is 9.78 Å². The molecule has 1 heterocycles. The van der Waals surface area contributed by atoms with E-state index >= 15 is 0 Å². The first-order chi connectivity index (χ1) is 19.8. The smallest absolute Gasteiger partial charge is 0.312 e. The Morgan fingerprint density at radius 2 is 1.86 bits per heavy atom. The van der Waals surface area contributed by atoms with E-state index in [9.17, 15) is 14.9 Å². The van der Waals surface area contributed by atoms with Gasteiger partial charge in [-0.3, -0.25) is 14.9 Å². The summed E-state index contributed by atoms with van der Waals surface area (Å²) in [4.78, 5) is 30.1. The molecular formula is C32H35BrN4O5. The molecule has 1 aromatic heterocycles. The third-order valence-electron chi connectivity index (χ3n) is 6.49. The minimum Gasteiger partial charge on any atom is -0.494 e. The van der Waals surface area contributed by atoms with E-state index in [0.717, 1.165) is 22.4 Å². The molecule has 9 nitrogen and oxygen atoms in total. The normalized spacial score (nSPS) is 11.9. The number of para-hydroxylation sites is 1. The first kappa shape index (κ1) is 30.9. The number of hydrogen-bond donors (Lipinski definition) is 0. The Labute approximate surface area is 253 Å². The molecule has 0 atom stereocenters. The minimum absolute atomic E-state index is 0.142. The fourth-order valence-corrected chi connectivity index (χ4v) is 5.02. The van der Waals surface area contributed by atoms with Crippen molar-refractivity contribution in [2.45, 2.75) is 54.4 Å². The summed E-state index contributed by atoms with van der Waals surface area (Å²) >= 11 is 3.43. The van der Waals surface area contributed by atoms with Crippen LogP contribution in [0.15, 0.2) is 62.9 Å². The quantitative estimate of drug-likeness (QED) is 0.105. The molecule has 0 unspecified atom stereocenters. The van der Waals surface area contributed by atoms with Gasteiger partial charge in [0.15, 0.2) is 5.82 Å². The molecule has 4 rings (SSSR count). The van der Waals surface area contributed by atoms with Gasteiger partial charge in [-0.05, 0) is 82.6 Å². The third-order valence-corrected chi connectivity index (χ3v) is 7.08. The highest BCUT2D eigenvalue weighted by atomic mass is 79.9. The average molecular weight is 636 g/mol. The third kappa shape index (κ3) is 6.70. The second-order valence-electron chi connectivity index (χ2n) is 11.6. The molecular weight excluding hydrogens is 600 g/mol. The van der Waals surface area contributed by atoms with Gasteiger partial charge in [0.25, 0.3) is 5.56 Å². The number of nitrogens with zero attached hydrogens (tertiary/aromatic N) is 4. The number of fused-ring (bicyclic) bond motifs is 1. The Balaban J connectivity index is 1.90. The van der Waals surface area contributed by atoms with Crippen LogP contribution in [0.1, 0.15) is 64.2 Å². The molecule has 0 bridgehead atoms. The first-order valence-electron chi connectivity index (χ1n) is 13.7. The molecule has 0 saturated carbocycles. The van der Waals surface area contributed by atoms with E-state index in [0.29, 0.717) is 40.0 Å². The summed E-state index contributed by atoms with van der Waals surface area (Å²) in [5.41, 5.74) is 2.79. The molecule has 4 aromatic rings. The molecule has 220 valence electrons. The van der Waals surface area contributed by atoms with Crippen molar-refractivity contribution in [1.29, 1.82) is 0 Å². The van der Waals surface area contributed by atoms with Crippen LogP contribution >= 0.6 is 15.9 Å². The SMILES string of the molecule is CCOc1cc(C)c(-c2nc3ccccc3c(=O)n2N=Cc2cc(Br)c(OCC(C)(C)C)c([N+](=O)[O-])c2)cc1C(C)C. The molecule has 0 aliphatic rings. The maximum Gasteiger partial charge on any atom is 0.312 e. The van der Waals surface area contributed by atoms with Gasteiger partial charge < -0.3 is 9.47 Å². The molecule has 0 fully saturated rings. The fourth-order valence-electron chi connectivity index (χ4n) is 4.44. The number of ether oxygens (including phenoxy) is 2. The lowest BCUT2D eigenvalue weighted by molar-refractivity contribution is -0.386. The zero-order valence-electron chi connectivity index (χ0n) is 24.9. The summed E-state index contributed by atoms with van der Waals surface area (Å²) in [5, 5.41) is 16.9. The predicted molar refractivity (Wildman–Crippen MR) is 170 cm³/mol. The van der Waals surface area contributed by atoms with E-state index in [1.54, 1.807) is 24.3 Å². The second kappa shape index (κ2) is 12.4. The minimum atomic E-state index is -0.494. The van der Waals surface area contributed by atoms with Crippen LogP contribution in [0.25, 0.3) is 22.3 Å². The zero-order chi connectivity index (χ0) is 30.8. The summed E-state index contributed by atoms with van der Waals surface area (Å²) in [6.07, 6.45) is 1.42. The van der Waals surface area contributed by atoms with Gasteiger partial charge in [0.2, 0.25) is 5.75 Å². The van der Waals surface area contributed by atoms with Crippen molar-refractivity contribution in [1.82, 2.24) is 9.66 Å². The summed E-state index contributed by atoms with van der Waals surface area (Å²) in [5.74, 6) is 1.45. The zero-order valence-corrected chi connectivity index (χ0v) is 26.5. The summed E-state index contributed by atoms with van der Waals surface area (Å²) in [6, 6.07) is 14.1. The van der Waals surface area contributed by atoms with Crippen LogP contribution < -0.4 is 15.0 Å². The van der Waals surface area contributed by atoms with Gasteiger partial charge in [0, 0.05) is 17.2 Å². The van der Waals surface area contributed by atoms with E-state index in [4.69, 9.17) is 14.5 Å². The lowest BCUT2D eigenvalue weighted by atomic mass is 9.96. The van der Waals surface area contributed by atoms with Crippen molar-refractivity contribution in [3.63, 3.8) is 0 Å². The Kier molecular flexibility index (Phi) is 9.15. The molecule has 0 radical (unpaired) electrons. The second-order valence-corrected chi connectivity index (χ2v) is 12.4. The number of rotatable bonds is 9. The number of benzene rings is 3. The highest BCUT2D eigenvalue weighted by molar-refractivity contribution is 9.10. The van der Waals surface area contributed by atoms with Crippen LogP contribution in [0.3, 0.4) is 0 Å². The summed E-state index contributed by atoms with van der Waals surface area (Å²) in [6.45, 7) is 14.8. The molecule has 0 spiro atoms. The highest BCUT2D eigenvalue weighted by Gasteiger charge is 2.23. The van der Waals surface area contributed by atoms with Crippen molar-refractivity contribution in [3.8, 4) is 22.9 Å². The Bertz CT molecular complexity index is 1740. The topological polar surface area (TPSA) is 109 Å². The van der Waals surface area contributed by atoms with Gasteiger partial charge in [-0.15, -0.1) is 0 Å². The molecule has 0 aliphatic carbocycles. The largest absolute Gasteiger partial charge is 0.494 e. The molecule has 0 amide bonds. The van der Waals surface area contributed by atoms with Crippen molar-refractivity contribution in [3.05, 3.63) is 90.2 Å². The Hall–Kier alpha value is -4.05. The van der Waals surface area contributed by atoms with E-state index in [-0.39, 0.29) is 28.3 Å². The van der Waals surface area contributed by atoms with Crippen LogP contribution in [0, 0.1) is 22.5 Å². The number of halogens is 1. The van der Waals surface area contributed by atoms with E-state index < -0.39 is 4.92 Å². The standard InChI is InChI=1S/C32H35BrN4O5/c1-8-41-28-13-20(4)24(16-23(28)19(2)3)30-35-26-12-10-9-11-22(26)31(38)36(30)34-17-21-14-25(33)29(27(15-21)37(39)40)42-18-32(5,6)7/h9-17,19H,8,18H2,1-7H3. The van der Waals surface area contributed by atoms with Gasteiger partial charge in [0.05, 0.1) is 39.7 Å². The molecule has 42 heavy (non-hydrogen) atoms. The number of nitro groups is 1. The Morgan fingerprint density at radius 1 is 1.14 bits per heavy atom.